The third-order valence-corrected chi connectivity index (χ3v) is 3.13. The fourth-order valence-corrected chi connectivity index (χ4v) is 1.88. The van der Waals surface area contributed by atoms with Crippen LogP contribution in [0.5, 0.6) is 0 Å². The molecule has 1 fully saturated rings. The fourth-order valence-electron chi connectivity index (χ4n) is 1.88. The molecule has 0 amide bonds. The third-order valence-electron chi connectivity index (χ3n) is 3.13. The molecule has 0 atom stereocenters. The smallest absolute Gasteiger partial charge is 0.294 e. The van der Waals surface area contributed by atoms with Crippen molar-refractivity contribution < 1.29 is 18.0 Å². The molecule has 1 aliphatic rings. The zero-order chi connectivity index (χ0) is 13.2. The first-order valence-corrected chi connectivity index (χ1v) is 6.13. The van der Waals surface area contributed by atoms with Crippen LogP contribution in [0, 0.1) is 5.92 Å². The maximum Gasteiger partial charge on any atom is 0.389 e. The number of rotatable bonds is 5. The number of carbonyl (C=O) groups is 1. The molecule has 1 nitrogen and oxygen atoms in total. The lowest BCUT2D eigenvalue weighted by Crippen LogP contribution is -2.10. The van der Waals surface area contributed by atoms with E-state index in [1.54, 1.807) is 12.1 Å². The molecule has 0 unspecified atom stereocenters. The molecule has 1 aliphatic carbocycles. The highest BCUT2D eigenvalue weighted by atomic mass is 19.4. The van der Waals surface area contributed by atoms with Gasteiger partial charge < -0.3 is 0 Å². The van der Waals surface area contributed by atoms with E-state index in [9.17, 15) is 18.0 Å². The van der Waals surface area contributed by atoms with Crippen molar-refractivity contribution >= 4 is 5.78 Å². The van der Waals surface area contributed by atoms with Crippen molar-refractivity contribution in [1.82, 2.24) is 0 Å². The number of ketones is 1. The molecule has 0 N–H and O–H groups in total. The summed E-state index contributed by atoms with van der Waals surface area (Å²) in [5, 5.41) is 0. The number of hydrogen-bond acceptors (Lipinski definition) is 1. The van der Waals surface area contributed by atoms with E-state index in [-0.39, 0.29) is 0 Å². The average molecular weight is 256 g/mol. The highest BCUT2D eigenvalue weighted by Gasteiger charge is 2.28. The van der Waals surface area contributed by atoms with Crippen LogP contribution in [0.15, 0.2) is 24.3 Å². The van der Waals surface area contributed by atoms with Gasteiger partial charge in [0.15, 0.2) is 5.78 Å². The Labute approximate surface area is 104 Å². The Hall–Kier alpha value is -1.32. The summed E-state index contributed by atoms with van der Waals surface area (Å²) < 4.78 is 36.0. The summed E-state index contributed by atoms with van der Waals surface area (Å²) in [6, 6.07) is 6.96. The summed E-state index contributed by atoms with van der Waals surface area (Å²) in [5.74, 6) is 0.321. The molecular weight excluding hydrogens is 241 g/mol. The molecule has 0 bridgehead atoms. The van der Waals surface area contributed by atoms with Crippen LogP contribution in [0.25, 0.3) is 0 Å². The molecule has 4 heteroatoms. The lowest BCUT2D eigenvalue weighted by Gasteiger charge is -2.06. The summed E-state index contributed by atoms with van der Waals surface area (Å²) >= 11 is 0. The summed E-state index contributed by atoms with van der Waals surface area (Å²) in [5.41, 5.74) is 1.53. The average Bonchev–Trinajstić information content (AvgIpc) is 3.10. The van der Waals surface area contributed by atoms with Gasteiger partial charge in [-0.2, -0.15) is 13.2 Å². The van der Waals surface area contributed by atoms with E-state index in [0.29, 0.717) is 5.56 Å². The van der Waals surface area contributed by atoms with Gasteiger partial charge in [-0.25, -0.2) is 0 Å². The van der Waals surface area contributed by atoms with Gasteiger partial charge in [0.2, 0.25) is 0 Å². The van der Waals surface area contributed by atoms with E-state index in [1.165, 1.54) is 12.8 Å². The minimum Gasteiger partial charge on any atom is -0.294 e. The minimum atomic E-state index is -4.26. The standard InChI is InChI=1S/C14H15F3O/c15-14(16,17)8-7-13(18)12-5-3-11(4-6-12)9-10-1-2-10/h3-6,10H,1-2,7-9H2. The maximum absolute atomic E-state index is 12.0. The lowest BCUT2D eigenvalue weighted by atomic mass is 10.0. The molecule has 0 saturated heterocycles. The van der Waals surface area contributed by atoms with Crippen LogP contribution in [0.4, 0.5) is 13.2 Å². The van der Waals surface area contributed by atoms with E-state index in [2.05, 4.69) is 0 Å². The first kappa shape index (κ1) is 13.1. The number of carbonyl (C=O) groups excluding carboxylic acids is 1. The van der Waals surface area contributed by atoms with E-state index in [0.717, 1.165) is 17.9 Å². The van der Waals surface area contributed by atoms with Gasteiger partial charge in [-0.3, -0.25) is 4.79 Å². The van der Waals surface area contributed by atoms with Gasteiger partial charge >= 0.3 is 6.18 Å². The van der Waals surface area contributed by atoms with Crippen molar-refractivity contribution in [2.75, 3.05) is 0 Å². The molecule has 0 aromatic heterocycles. The van der Waals surface area contributed by atoms with E-state index >= 15 is 0 Å². The van der Waals surface area contributed by atoms with Gasteiger partial charge in [0.1, 0.15) is 0 Å². The zero-order valence-electron chi connectivity index (χ0n) is 9.96. The topological polar surface area (TPSA) is 17.1 Å². The molecule has 1 aromatic carbocycles. The number of halogens is 3. The number of alkyl halides is 3. The molecule has 1 aromatic rings. The van der Waals surface area contributed by atoms with Crippen molar-refractivity contribution in [2.24, 2.45) is 5.92 Å². The van der Waals surface area contributed by atoms with Crippen LogP contribution in [0.2, 0.25) is 0 Å². The number of hydrogen-bond donors (Lipinski definition) is 0. The third kappa shape index (κ3) is 4.17. The number of benzene rings is 1. The van der Waals surface area contributed by atoms with Gasteiger partial charge in [0, 0.05) is 12.0 Å². The molecule has 0 heterocycles. The van der Waals surface area contributed by atoms with E-state index in [1.807, 2.05) is 12.1 Å². The Bertz CT molecular complexity index is 416. The molecule has 0 radical (unpaired) electrons. The molecule has 1 saturated carbocycles. The molecule has 2 rings (SSSR count). The molecule has 18 heavy (non-hydrogen) atoms. The Morgan fingerprint density at radius 1 is 1.17 bits per heavy atom. The molecule has 98 valence electrons. The summed E-state index contributed by atoms with van der Waals surface area (Å²) in [7, 11) is 0. The van der Waals surface area contributed by atoms with Crippen molar-refractivity contribution in [1.29, 1.82) is 0 Å². The van der Waals surface area contributed by atoms with Crippen molar-refractivity contribution in [3.8, 4) is 0 Å². The van der Waals surface area contributed by atoms with Crippen LogP contribution in [0.3, 0.4) is 0 Å². The highest BCUT2D eigenvalue weighted by molar-refractivity contribution is 5.96. The van der Waals surface area contributed by atoms with Crippen molar-refractivity contribution in [3.05, 3.63) is 35.4 Å². The largest absolute Gasteiger partial charge is 0.389 e. The van der Waals surface area contributed by atoms with Crippen molar-refractivity contribution in [3.63, 3.8) is 0 Å². The Balaban J connectivity index is 1.89. The van der Waals surface area contributed by atoms with Gasteiger partial charge in [-0.1, -0.05) is 24.3 Å². The lowest BCUT2D eigenvalue weighted by molar-refractivity contribution is -0.133. The monoisotopic (exact) mass is 256 g/mol. The van der Waals surface area contributed by atoms with E-state index < -0.39 is 24.8 Å². The van der Waals surface area contributed by atoms with Crippen LogP contribution in [-0.2, 0) is 6.42 Å². The molecule has 0 aliphatic heterocycles. The quantitative estimate of drug-likeness (QED) is 0.723. The van der Waals surface area contributed by atoms with Crippen LogP contribution < -0.4 is 0 Å². The fraction of sp³-hybridized carbons (Fsp3) is 0.500. The van der Waals surface area contributed by atoms with Gasteiger partial charge in [-0.15, -0.1) is 0 Å². The first-order valence-electron chi connectivity index (χ1n) is 6.13. The summed E-state index contributed by atoms with van der Waals surface area (Å²) in [6.07, 6.45) is -2.25. The Morgan fingerprint density at radius 3 is 2.28 bits per heavy atom. The van der Waals surface area contributed by atoms with Gasteiger partial charge in [0.25, 0.3) is 0 Å². The second-order valence-electron chi connectivity index (χ2n) is 4.88. The van der Waals surface area contributed by atoms with Gasteiger partial charge in [0.05, 0.1) is 6.42 Å². The minimum absolute atomic E-state index is 0.374. The van der Waals surface area contributed by atoms with Crippen LogP contribution in [0.1, 0.15) is 41.6 Å². The highest BCUT2D eigenvalue weighted by Crippen LogP contribution is 2.32. The predicted octanol–water partition coefficient (Wildman–Crippen LogP) is 4.16. The van der Waals surface area contributed by atoms with Crippen molar-refractivity contribution in [2.45, 2.75) is 38.3 Å². The number of Topliss-reactive ketones (excluding diaryl/α,β-unsaturated/α-hetero) is 1. The second kappa shape index (κ2) is 5.12. The second-order valence-corrected chi connectivity index (χ2v) is 4.88. The maximum atomic E-state index is 12.0. The molecule has 0 spiro atoms. The van der Waals surface area contributed by atoms with Gasteiger partial charge in [-0.05, 0) is 30.7 Å². The predicted molar refractivity (Wildman–Crippen MR) is 62.5 cm³/mol. The van der Waals surface area contributed by atoms with Crippen LogP contribution in [-0.4, -0.2) is 12.0 Å². The SMILES string of the molecule is O=C(CCC(F)(F)F)c1ccc(CC2CC2)cc1. The first-order chi connectivity index (χ1) is 8.44. The Morgan fingerprint density at radius 2 is 1.78 bits per heavy atom. The summed E-state index contributed by atoms with van der Waals surface area (Å²) in [4.78, 5) is 11.5. The normalized spacial score (nSPS) is 15.7. The van der Waals surface area contributed by atoms with Crippen LogP contribution >= 0.6 is 0 Å². The Kier molecular flexibility index (Phi) is 3.73. The summed E-state index contributed by atoms with van der Waals surface area (Å²) in [6.45, 7) is 0. The zero-order valence-corrected chi connectivity index (χ0v) is 9.96. The van der Waals surface area contributed by atoms with E-state index in [4.69, 9.17) is 0 Å². The molecular formula is C14H15F3O.